The topological polar surface area (TPSA) is 148 Å². The Bertz CT molecular complexity index is 629. The summed E-state index contributed by atoms with van der Waals surface area (Å²) in [6.45, 7) is -1.40. The average Bonchev–Trinajstić information content (AvgIpc) is 2.57. The van der Waals surface area contributed by atoms with Crippen LogP contribution in [0.25, 0.3) is 0 Å². The summed E-state index contributed by atoms with van der Waals surface area (Å²) in [6.07, 6.45) is -12.0. The van der Waals surface area contributed by atoms with E-state index in [1.165, 1.54) is 7.05 Å². The summed E-state index contributed by atoms with van der Waals surface area (Å²) in [5.74, 6) is 0. The van der Waals surface area contributed by atoms with Crippen LogP contribution in [0, 0.1) is 10.1 Å². The van der Waals surface area contributed by atoms with E-state index in [1.54, 1.807) is 0 Å². The molecular formula is C14H19F3N2O7. The lowest BCUT2D eigenvalue weighted by Crippen LogP contribution is -2.49. The summed E-state index contributed by atoms with van der Waals surface area (Å²) in [7, 11) is 1.22. The van der Waals surface area contributed by atoms with Crippen molar-refractivity contribution in [2.45, 2.75) is 30.6 Å². The smallest absolute Gasteiger partial charge is 0.394 e. The van der Waals surface area contributed by atoms with Gasteiger partial charge in [-0.2, -0.15) is 13.2 Å². The van der Waals surface area contributed by atoms with Crippen LogP contribution in [0.2, 0.25) is 0 Å². The van der Waals surface area contributed by atoms with Crippen LogP contribution in [-0.4, -0.2) is 75.1 Å². The number of hydrogen-bond acceptors (Lipinski definition) is 8. The maximum atomic E-state index is 12.7. The minimum absolute atomic E-state index is 0.258. The molecule has 0 aliphatic rings. The van der Waals surface area contributed by atoms with E-state index in [-0.39, 0.29) is 5.69 Å². The van der Waals surface area contributed by atoms with Gasteiger partial charge < -0.3 is 30.4 Å². The number of aliphatic hydroxyl groups is 5. The minimum atomic E-state index is -4.78. The van der Waals surface area contributed by atoms with Crippen molar-refractivity contribution in [1.29, 1.82) is 0 Å². The maximum Gasteiger partial charge on any atom is 0.416 e. The number of halogens is 3. The number of hydrogen-bond donors (Lipinski definition) is 5. The van der Waals surface area contributed by atoms with E-state index in [0.717, 1.165) is 11.0 Å². The molecule has 0 amide bonds. The van der Waals surface area contributed by atoms with Gasteiger partial charge in [-0.25, -0.2) is 0 Å². The van der Waals surface area contributed by atoms with Crippen LogP contribution in [-0.2, 0) is 6.18 Å². The molecule has 5 N–H and O–H groups in total. The number of nitro benzene ring substituents is 1. The summed E-state index contributed by atoms with van der Waals surface area (Å²) >= 11 is 0. The molecule has 4 atom stereocenters. The van der Waals surface area contributed by atoms with Gasteiger partial charge in [0.15, 0.2) is 0 Å². The SMILES string of the molecule is CN(CC(O)C(O)C(O)C(O)CO)c1ccc(C(F)(F)F)cc1[N+](=O)[O-]. The van der Waals surface area contributed by atoms with Crippen LogP contribution in [0.5, 0.6) is 0 Å². The van der Waals surface area contributed by atoms with E-state index in [1.807, 2.05) is 0 Å². The number of anilines is 1. The number of aliphatic hydroxyl groups excluding tert-OH is 5. The van der Waals surface area contributed by atoms with Crippen LogP contribution in [0.3, 0.4) is 0 Å². The van der Waals surface area contributed by atoms with Crippen LogP contribution in [0.4, 0.5) is 24.5 Å². The fourth-order valence-corrected chi connectivity index (χ4v) is 2.22. The molecule has 0 saturated carbocycles. The van der Waals surface area contributed by atoms with E-state index in [0.29, 0.717) is 12.1 Å². The van der Waals surface area contributed by atoms with Crippen LogP contribution < -0.4 is 4.90 Å². The first-order chi connectivity index (χ1) is 11.9. The minimum Gasteiger partial charge on any atom is -0.394 e. The standard InChI is InChI=1S/C14H19F3N2O7/c1-18(5-10(21)12(23)13(24)11(22)6-20)8-3-2-7(14(15,16)17)4-9(8)19(25)26/h2-4,10-13,20-24H,5-6H2,1H3. The molecule has 1 rings (SSSR count). The first-order valence-electron chi connectivity index (χ1n) is 7.30. The van der Waals surface area contributed by atoms with Crippen LogP contribution >= 0.6 is 0 Å². The Hall–Kier alpha value is -1.99. The monoisotopic (exact) mass is 384 g/mol. The molecule has 0 aromatic heterocycles. The van der Waals surface area contributed by atoms with Crippen molar-refractivity contribution in [3.05, 3.63) is 33.9 Å². The zero-order valence-corrected chi connectivity index (χ0v) is 13.5. The van der Waals surface area contributed by atoms with Gasteiger partial charge >= 0.3 is 6.18 Å². The largest absolute Gasteiger partial charge is 0.416 e. The molecule has 12 heteroatoms. The Morgan fingerprint density at radius 2 is 1.69 bits per heavy atom. The zero-order valence-electron chi connectivity index (χ0n) is 13.5. The summed E-state index contributed by atoms with van der Waals surface area (Å²) in [5, 5.41) is 58.2. The Balaban J connectivity index is 3.02. The normalized spacial score (nSPS) is 16.7. The van der Waals surface area contributed by atoms with Gasteiger partial charge in [-0.1, -0.05) is 0 Å². The Morgan fingerprint density at radius 3 is 2.15 bits per heavy atom. The highest BCUT2D eigenvalue weighted by Gasteiger charge is 2.35. The van der Waals surface area contributed by atoms with Gasteiger partial charge in [0.1, 0.15) is 24.0 Å². The Morgan fingerprint density at radius 1 is 1.15 bits per heavy atom. The molecule has 0 aliphatic carbocycles. The lowest BCUT2D eigenvalue weighted by molar-refractivity contribution is -0.384. The van der Waals surface area contributed by atoms with Crippen molar-refractivity contribution in [3.8, 4) is 0 Å². The highest BCUT2D eigenvalue weighted by Crippen LogP contribution is 2.36. The third-order valence-corrected chi connectivity index (χ3v) is 3.70. The van der Waals surface area contributed by atoms with Crippen molar-refractivity contribution in [1.82, 2.24) is 0 Å². The average molecular weight is 384 g/mol. The molecule has 0 fully saturated rings. The van der Waals surface area contributed by atoms with Gasteiger partial charge in [0, 0.05) is 19.7 Å². The summed E-state index contributed by atoms with van der Waals surface area (Å²) in [6, 6.07) is 1.82. The third kappa shape index (κ3) is 5.25. The van der Waals surface area contributed by atoms with Gasteiger partial charge in [-0.15, -0.1) is 0 Å². The highest BCUT2D eigenvalue weighted by atomic mass is 19.4. The lowest BCUT2D eigenvalue weighted by Gasteiger charge is -2.29. The van der Waals surface area contributed by atoms with Gasteiger partial charge in [-0.05, 0) is 12.1 Å². The number of rotatable bonds is 8. The van der Waals surface area contributed by atoms with Gasteiger partial charge in [0.05, 0.1) is 23.2 Å². The van der Waals surface area contributed by atoms with E-state index >= 15 is 0 Å². The predicted octanol–water partition coefficient (Wildman–Crippen LogP) is -0.514. The lowest BCUT2D eigenvalue weighted by atomic mass is 10.0. The quantitative estimate of drug-likeness (QED) is 0.297. The van der Waals surface area contributed by atoms with Crippen molar-refractivity contribution in [3.63, 3.8) is 0 Å². The second-order valence-corrected chi connectivity index (χ2v) is 5.64. The summed E-state index contributed by atoms with van der Waals surface area (Å²) < 4.78 is 38.1. The van der Waals surface area contributed by atoms with E-state index in [2.05, 4.69) is 0 Å². The second-order valence-electron chi connectivity index (χ2n) is 5.64. The van der Waals surface area contributed by atoms with Crippen molar-refractivity contribution >= 4 is 11.4 Å². The maximum absolute atomic E-state index is 12.7. The predicted molar refractivity (Wildman–Crippen MR) is 82.5 cm³/mol. The number of alkyl halides is 3. The highest BCUT2D eigenvalue weighted by molar-refractivity contribution is 5.64. The molecule has 1 aromatic rings. The van der Waals surface area contributed by atoms with Crippen molar-refractivity contribution in [2.24, 2.45) is 0 Å². The number of nitro groups is 1. The molecule has 0 spiro atoms. The van der Waals surface area contributed by atoms with Crippen LogP contribution in [0.1, 0.15) is 5.56 Å². The molecule has 0 radical (unpaired) electrons. The number of nitrogens with zero attached hydrogens (tertiary/aromatic N) is 2. The summed E-state index contributed by atoms with van der Waals surface area (Å²) in [5.41, 5.74) is -2.34. The zero-order chi connectivity index (χ0) is 20.2. The molecular weight excluding hydrogens is 365 g/mol. The van der Waals surface area contributed by atoms with Crippen LogP contribution in [0.15, 0.2) is 18.2 Å². The molecule has 1 aromatic carbocycles. The van der Waals surface area contributed by atoms with Gasteiger partial charge in [0.25, 0.3) is 5.69 Å². The number of likely N-dealkylation sites (N-methyl/N-ethyl adjacent to an activating group) is 1. The molecule has 9 nitrogen and oxygen atoms in total. The molecule has 4 unspecified atom stereocenters. The van der Waals surface area contributed by atoms with E-state index < -0.39 is 59.9 Å². The van der Waals surface area contributed by atoms with Gasteiger partial charge in [-0.3, -0.25) is 10.1 Å². The molecule has 148 valence electrons. The van der Waals surface area contributed by atoms with E-state index in [9.17, 15) is 43.7 Å². The fraction of sp³-hybridized carbons (Fsp3) is 0.571. The Labute approximate surface area is 145 Å². The first kappa shape index (κ1) is 22.1. The number of benzene rings is 1. The molecule has 0 saturated heterocycles. The molecule has 26 heavy (non-hydrogen) atoms. The van der Waals surface area contributed by atoms with Crippen molar-refractivity contribution < 1.29 is 43.6 Å². The second kappa shape index (κ2) is 8.60. The van der Waals surface area contributed by atoms with Crippen molar-refractivity contribution in [2.75, 3.05) is 25.1 Å². The fourth-order valence-electron chi connectivity index (χ4n) is 2.22. The molecule has 0 heterocycles. The Kier molecular flexibility index (Phi) is 7.29. The third-order valence-electron chi connectivity index (χ3n) is 3.70. The first-order valence-corrected chi connectivity index (χ1v) is 7.30. The van der Waals surface area contributed by atoms with Gasteiger partial charge in [0.2, 0.25) is 0 Å². The molecule has 0 bridgehead atoms. The van der Waals surface area contributed by atoms with E-state index in [4.69, 9.17) is 5.11 Å². The molecule has 0 aliphatic heterocycles. The summed E-state index contributed by atoms with van der Waals surface area (Å²) in [4.78, 5) is 11.1.